The molecule has 108 valence electrons. The molecule has 3 rings (SSSR count). The number of hydrogen-bond acceptors (Lipinski definition) is 4. The van der Waals surface area contributed by atoms with Crippen LogP contribution in [0.1, 0.15) is 45.6 Å². The number of nitrogens with zero attached hydrogens (tertiary/aromatic N) is 1. The van der Waals surface area contributed by atoms with Crippen LogP contribution >= 0.6 is 0 Å². The average molecular weight is 275 g/mol. The molecule has 2 atom stereocenters. The van der Waals surface area contributed by atoms with Gasteiger partial charge in [0.25, 0.3) is 0 Å². The van der Waals surface area contributed by atoms with E-state index in [1.54, 1.807) is 7.11 Å². The van der Waals surface area contributed by atoms with Gasteiger partial charge in [-0.05, 0) is 45.6 Å². The van der Waals surface area contributed by atoms with Crippen LogP contribution in [0.2, 0.25) is 5.82 Å². The fourth-order valence-corrected chi connectivity index (χ4v) is 2.69. The van der Waals surface area contributed by atoms with E-state index in [2.05, 4.69) is 38.7 Å². The van der Waals surface area contributed by atoms with Gasteiger partial charge in [-0.25, -0.2) is 4.98 Å². The summed E-state index contributed by atoms with van der Waals surface area (Å²) in [7, 11) is 1.53. The maximum Gasteiger partial charge on any atom is 0.461 e. The largest absolute Gasteiger partial charge is 0.481 e. The molecule has 2 aliphatic rings. The summed E-state index contributed by atoms with van der Waals surface area (Å²) in [4.78, 5) is 4.27. The Morgan fingerprint density at radius 3 is 2.35 bits per heavy atom. The molecule has 2 heterocycles. The van der Waals surface area contributed by atoms with Crippen molar-refractivity contribution in [1.29, 1.82) is 0 Å². The molecule has 0 bridgehead atoms. The molecule has 0 spiro atoms. The Labute approximate surface area is 121 Å². The summed E-state index contributed by atoms with van der Waals surface area (Å²) in [6.45, 7) is 8.39. The van der Waals surface area contributed by atoms with Gasteiger partial charge in [0.1, 0.15) is 0 Å². The van der Waals surface area contributed by atoms with Gasteiger partial charge in [-0.3, -0.25) is 0 Å². The molecule has 20 heavy (non-hydrogen) atoms. The van der Waals surface area contributed by atoms with Gasteiger partial charge in [0.05, 0.1) is 18.3 Å². The molecule has 1 aromatic heterocycles. The number of hydrogen-bond donors (Lipinski definition) is 0. The zero-order chi connectivity index (χ0) is 14.5. The van der Waals surface area contributed by atoms with Crippen LogP contribution in [0.15, 0.2) is 18.3 Å². The topological polar surface area (TPSA) is 40.6 Å². The normalized spacial score (nSPS) is 30.4. The molecule has 4 nitrogen and oxygen atoms in total. The van der Waals surface area contributed by atoms with E-state index in [1.165, 1.54) is 5.56 Å². The third-order valence-corrected chi connectivity index (χ3v) is 4.86. The van der Waals surface area contributed by atoms with E-state index in [1.807, 2.05) is 12.3 Å². The van der Waals surface area contributed by atoms with Crippen LogP contribution < -0.4 is 4.74 Å². The fourth-order valence-electron chi connectivity index (χ4n) is 2.69. The second-order valence-electron chi connectivity index (χ2n) is 6.76. The maximum absolute atomic E-state index is 6.12. The smallest absolute Gasteiger partial charge is 0.461 e. The molecule has 0 amide bonds. The summed E-state index contributed by atoms with van der Waals surface area (Å²) in [6, 6.07) is 4.00. The van der Waals surface area contributed by atoms with Gasteiger partial charge in [0.15, 0.2) is 0 Å². The predicted molar refractivity (Wildman–Crippen MR) is 78.0 cm³/mol. The van der Waals surface area contributed by atoms with E-state index in [9.17, 15) is 0 Å². The number of rotatable bonds is 3. The second kappa shape index (κ2) is 4.47. The lowest BCUT2D eigenvalue weighted by Crippen LogP contribution is -2.41. The molecular formula is C15H22BNO3. The van der Waals surface area contributed by atoms with E-state index < -0.39 is 0 Å². The molecule has 1 aromatic rings. The average Bonchev–Trinajstić information content (AvgIpc) is 3.13. The Morgan fingerprint density at radius 2 is 1.85 bits per heavy atom. The van der Waals surface area contributed by atoms with Gasteiger partial charge in [-0.2, -0.15) is 0 Å². The minimum absolute atomic E-state index is 0.105. The monoisotopic (exact) mass is 275 g/mol. The van der Waals surface area contributed by atoms with Crippen LogP contribution in [-0.2, 0) is 9.31 Å². The first-order chi connectivity index (χ1) is 9.34. The summed E-state index contributed by atoms with van der Waals surface area (Å²) in [6.07, 6.45) is 3.00. The van der Waals surface area contributed by atoms with Crippen molar-refractivity contribution in [2.75, 3.05) is 7.11 Å². The molecular weight excluding hydrogens is 253 g/mol. The molecule has 0 N–H and O–H groups in total. The first-order valence-corrected chi connectivity index (χ1v) is 7.20. The summed E-state index contributed by atoms with van der Waals surface area (Å²) in [5.74, 6) is 1.58. The molecule has 1 aliphatic heterocycles. The molecule has 0 aromatic carbocycles. The first kappa shape index (κ1) is 13.9. The first-order valence-electron chi connectivity index (χ1n) is 7.20. The summed E-state index contributed by atoms with van der Waals surface area (Å²) >= 11 is 0. The van der Waals surface area contributed by atoms with Gasteiger partial charge in [-0.15, -0.1) is 0 Å². The number of ether oxygens (including phenoxy) is 1. The van der Waals surface area contributed by atoms with Crippen LogP contribution in [0.4, 0.5) is 0 Å². The van der Waals surface area contributed by atoms with Crippen LogP contribution in [0.3, 0.4) is 0 Å². The Bertz CT molecular complexity index is 484. The van der Waals surface area contributed by atoms with Crippen LogP contribution in [-0.4, -0.2) is 30.4 Å². The lowest BCUT2D eigenvalue weighted by atomic mass is 9.80. The minimum Gasteiger partial charge on any atom is -0.481 e. The zero-order valence-electron chi connectivity index (χ0n) is 12.8. The SMILES string of the molecule is COc1ccc(C2CC2B2OC(C)(C)C(C)(C)O2)cn1. The fraction of sp³-hybridized carbons (Fsp3) is 0.667. The van der Waals surface area contributed by atoms with E-state index >= 15 is 0 Å². The quantitative estimate of drug-likeness (QED) is 0.795. The number of pyridine rings is 1. The molecule has 0 radical (unpaired) electrons. The lowest BCUT2D eigenvalue weighted by molar-refractivity contribution is 0.00578. The molecule has 1 saturated carbocycles. The standard InChI is InChI=1S/C15H22BNO3/c1-14(2)15(3,4)20-16(19-14)12-8-11(12)10-6-7-13(18-5)17-9-10/h6-7,9,11-12H,8H2,1-5H3. The van der Waals surface area contributed by atoms with Crippen molar-refractivity contribution >= 4 is 7.12 Å². The molecule has 2 unspecified atom stereocenters. The summed E-state index contributed by atoms with van der Waals surface area (Å²) < 4.78 is 17.3. The van der Waals surface area contributed by atoms with Gasteiger partial charge < -0.3 is 14.0 Å². The van der Waals surface area contributed by atoms with Gasteiger partial charge in [0, 0.05) is 18.1 Å². The van der Waals surface area contributed by atoms with E-state index in [-0.39, 0.29) is 18.3 Å². The molecule has 1 aliphatic carbocycles. The van der Waals surface area contributed by atoms with Crippen molar-refractivity contribution < 1.29 is 14.0 Å². The van der Waals surface area contributed by atoms with E-state index in [4.69, 9.17) is 14.0 Å². The van der Waals surface area contributed by atoms with Gasteiger partial charge >= 0.3 is 7.12 Å². The summed E-state index contributed by atoms with van der Waals surface area (Å²) in [5.41, 5.74) is 0.747. The second-order valence-corrected chi connectivity index (χ2v) is 6.76. The van der Waals surface area contributed by atoms with Crippen LogP contribution in [0.5, 0.6) is 5.88 Å². The van der Waals surface area contributed by atoms with Gasteiger partial charge in [0.2, 0.25) is 5.88 Å². The van der Waals surface area contributed by atoms with Crippen LogP contribution in [0, 0.1) is 0 Å². The van der Waals surface area contributed by atoms with Crippen molar-refractivity contribution in [2.24, 2.45) is 0 Å². The third-order valence-electron chi connectivity index (χ3n) is 4.86. The molecule has 2 fully saturated rings. The van der Waals surface area contributed by atoms with Crippen molar-refractivity contribution in [3.63, 3.8) is 0 Å². The number of methoxy groups -OCH3 is 1. The van der Waals surface area contributed by atoms with Crippen molar-refractivity contribution in [3.8, 4) is 5.88 Å². The van der Waals surface area contributed by atoms with Crippen molar-refractivity contribution in [3.05, 3.63) is 23.9 Å². The Balaban J connectivity index is 1.68. The highest BCUT2D eigenvalue weighted by molar-refractivity contribution is 6.49. The Morgan fingerprint density at radius 1 is 1.20 bits per heavy atom. The minimum atomic E-state index is -0.247. The lowest BCUT2D eigenvalue weighted by Gasteiger charge is -2.32. The molecule has 1 saturated heterocycles. The van der Waals surface area contributed by atoms with E-state index in [0.29, 0.717) is 17.6 Å². The number of aromatic nitrogens is 1. The maximum atomic E-state index is 6.12. The summed E-state index contributed by atoms with van der Waals surface area (Å²) in [5, 5.41) is 0. The van der Waals surface area contributed by atoms with Crippen molar-refractivity contribution in [2.45, 2.75) is 57.1 Å². The van der Waals surface area contributed by atoms with Crippen LogP contribution in [0.25, 0.3) is 0 Å². The predicted octanol–water partition coefficient (Wildman–Crippen LogP) is 3.04. The Kier molecular flexibility index (Phi) is 3.10. The molecule has 5 heteroatoms. The van der Waals surface area contributed by atoms with Gasteiger partial charge in [-0.1, -0.05) is 6.07 Å². The highest BCUT2D eigenvalue weighted by atomic mass is 16.7. The zero-order valence-corrected chi connectivity index (χ0v) is 12.8. The highest BCUT2D eigenvalue weighted by Crippen LogP contribution is 2.58. The third kappa shape index (κ3) is 2.23. The Hall–Kier alpha value is -1.07. The highest BCUT2D eigenvalue weighted by Gasteiger charge is 2.59. The van der Waals surface area contributed by atoms with E-state index in [0.717, 1.165) is 6.42 Å². The van der Waals surface area contributed by atoms with Crippen molar-refractivity contribution in [1.82, 2.24) is 4.98 Å².